The van der Waals surface area contributed by atoms with Gasteiger partial charge in [0.05, 0.1) is 5.69 Å². The molecular weight excluding hydrogens is 200 g/mol. The van der Waals surface area contributed by atoms with Gasteiger partial charge < -0.3 is 0 Å². The van der Waals surface area contributed by atoms with Crippen LogP contribution in [0.5, 0.6) is 0 Å². The second-order valence-electron chi connectivity index (χ2n) is 5.73. The number of hydrazine groups is 1. The van der Waals surface area contributed by atoms with Crippen LogP contribution in [-0.2, 0) is 13.5 Å². The lowest BCUT2D eigenvalue weighted by atomic mass is 9.87. The maximum absolute atomic E-state index is 5.61. The van der Waals surface area contributed by atoms with Crippen LogP contribution in [0.4, 0.5) is 0 Å². The molecule has 0 aliphatic heterocycles. The van der Waals surface area contributed by atoms with Crippen LogP contribution in [0.1, 0.15) is 38.6 Å². The summed E-state index contributed by atoms with van der Waals surface area (Å²) in [5.74, 6) is 5.61. The average molecular weight is 224 g/mol. The number of hydrogen-bond donors (Lipinski definition) is 2. The molecule has 0 spiro atoms. The quantitative estimate of drug-likeness (QED) is 0.602. The Bertz CT molecular complexity index is 335. The van der Waals surface area contributed by atoms with Gasteiger partial charge in [-0.2, -0.15) is 5.10 Å². The van der Waals surface area contributed by atoms with Crippen molar-refractivity contribution in [3.05, 3.63) is 17.5 Å². The summed E-state index contributed by atoms with van der Waals surface area (Å²) in [4.78, 5) is 0. The Hall–Kier alpha value is -0.870. The second kappa shape index (κ2) is 4.97. The van der Waals surface area contributed by atoms with Crippen molar-refractivity contribution in [1.82, 2.24) is 15.2 Å². The summed E-state index contributed by atoms with van der Waals surface area (Å²) in [5, 5.41) is 4.34. The van der Waals surface area contributed by atoms with Crippen LogP contribution in [-0.4, -0.2) is 15.8 Å². The third-order valence-corrected chi connectivity index (χ3v) is 2.65. The summed E-state index contributed by atoms with van der Waals surface area (Å²) in [5.41, 5.74) is 5.47. The Kier molecular flexibility index (Phi) is 4.10. The largest absolute Gasteiger partial charge is 0.272 e. The van der Waals surface area contributed by atoms with Crippen molar-refractivity contribution in [2.75, 3.05) is 0 Å². The zero-order valence-electron chi connectivity index (χ0n) is 11.0. The molecule has 0 fully saturated rings. The van der Waals surface area contributed by atoms with Crippen LogP contribution in [0, 0.1) is 12.3 Å². The first-order valence-electron chi connectivity index (χ1n) is 5.77. The zero-order chi connectivity index (χ0) is 12.3. The molecule has 1 atom stereocenters. The second-order valence-corrected chi connectivity index (χ2v) is 5.73. The lowest BCUT2D eigenvalue weighted by Gasteiger charge is -2.25. The Balaban J connectivity index is 2.67. The van der Waals surface area contributed by atoms with Crippen molar-refractivity contribution in [1.29, 1.82) is 0 Å². The SMILES string of the molecule is Cc1cc(CC(CC(C)(C)C)NN)n(C)n1. The highest BCUT2D eigenvalue weighted by molar-refractivity contribution is 5.10. The summed E-state index contributed by atoms with van der Waals surface area (Å²) in [6.45, 7) is 8.70. The van der Waals surface area contributed by atoms with Crippen molar-refractivity contribution in [2.45, 2.75) is 46.6 Å². The monoisotopic (exact) mass is 224 g/mol. The van der Waals surface area contributed by atoms with E-state index in [4.69, 9.17) is 5.84 Å². The van der Waals surface area contributed by atoms with Gasteiger partial charge in [-0.1, -0.05) is 20.8 Å². The standard InChI is InChI=1S/C12H24N4/c1-9-6-11(16(5)15-9)7-10(14-13)8-12(2,3)4/h6,10,14H,7-8,13H2,1-5H3. The van der Waals surface area contributed by atoms with Gasteiger partial charge >= 0.3 is 0 Å². The minimum Gasteiger partial charge on any atom is -0.272 e. The van der Waals surface area contributed by atoms with Crippen molar-refractivity contribution >= 4 is 0 Å². The lowest BCUT2D eigenvalue weighted by Crippen LogP contribution is -2.39. The van der Waals surface area contributed by atoms with Crippen LogP contribution in [0.3, 0.4) is 0 Å². The van der Waals surface area contributed by atoms with Crippen LogP contribution in [0.15, 0.2) is 6.07 Å². The molecule has 4 heteroatoms. The van der Waals surface area contributed by atoms with Crippen LogP contribution >= 0.6 is 0 Å². The lowest BCUT2D eigenvalue weighted by molar-refractivity contribution is 0.306. The normalized spacial score (nSPS) is 14.1. The summed E-state index contributed by atoms with van der Waals surface area (Å²) in [7, 11) is 1.98. The van der Waals surface area contributed by atoms with E-state index in [1.165, 1.54) is 5.69 Å². The summed E-state index contributed by atoms with van der Waals surface area (Å²) in [6.07, 6.45) is 1.97. The molecule has 1 rings (SSSR count). The number of nitrogens with two attached hydrogens (primary N) is 1. The molecule has 92 valence electrons. The molecule has 1 aromatic heterocycles. The van der Waals surface area contributed by atoms with Gasteiger partial charge in [0.15, 0.2) is 0 Å². The number of nitrogens with zero attached hydrogens (tertiary/aromatic N) is 2. The molecule has 1 aromatic rings. The molecule has 0 saturated carbocycles. The number of hydrogen-bond acceptors (Lipinski definition) is 3. The first-order chi connectivity index (χ1) is 7.31. The van der Waals surface area contributed by atoms with Gasteiger partial charge in [0.1, 0.15) is 0 Å². The van der Waals surface area contributed by atoms with Gasteiger partial charge in [0, 0.05) is 25.2 Å². The number of aromatic nitrogens is 2. The molecule has 1 heterocycles. The fourth-order valence-corrected chi connectivity index (χ4v) is 2.04. The number of rotatable bonds is 4. The van der Waals surface area contributed by atoms with E-state index in [1.807, 2.05) is 18.7 Å². The summed E-state index contributed by atoms with van der Waals surface area (Å²) in [6, 6.07) is 2.42. The summed E-state index contributed by atoms with van der Waals surface area (Å²) >= 11 is 0. The minimum absolute atomic E-state index is 0.282. The predicted octanol–water partition coefficient (Wildman–Crippen LogP) is 1.54. The molecule has 0 radical (unpaired) electrons. The maximum Gasteiger partial charge on any atom is 0.0596 e. The molecule has 0 aliphatic rings. The molecule has 1 unspecified atom stereocenters. The number of aryl methyl sites for hydroxylation is 2. The molecule has 3 N–H and O–H groups in total. The van der Waals surface area contributed by atoms with Crippen molar-refractivity contribution in [3.63, 3.8) is 0 Å². The first kappa shape index (κ1) is 13.2. The van der Waals surface area contributed by atoms with Crippen LogP contribution in [0.2, 0.25) is 0 Å². The molecule has 4 nitrogen and oxygen atoms in total. The minimum atomic E-state index is 0.282. The van der Waals surface area contributed by atoms with E-state index in [0.717, 1.165) is 18.5 Å². The van der Waals surface area contributed by atoms with Gasteiger partial charge in [-0.15, -0.1) is 0 Å². The van der Waals surface area contributed by atoms with E-state index in [-0.39, 0.29) is 5.41 Å². The highest BCUT2D eigenvalue weighted by Crippen LogP contribution is 2.22. The van der Waals surface area contributed by atoms with Crippen molar-refractivity contribution in [2.24, 2.45) is 18.3 Å². The van der Waals surface area contributed by atoms with Crippen molar-refractivity contribution < 1.29 is 0 Å². The highest BCUT2D eigenvalue weighted by Gasteiger charge is 2.19. The topological polar surface area (TPSA) is 55.9 Å². The van der Waals surface area contributed by atoms with Gasteiger partial charge in [0.25, 0.3) is 0 Å². The Morgan fingerprint density at radius 1 is 1.50 bits per heavy atom. The molecular formula is C12H24N4. The molecule has 16 heavy (non-hydrogen) atoms. The van der Waals surface area contributed by atoms with Crippen molar-refractivity contribution in [3.8, 4) is 0 Å². The van der Waals surface area contributed by atoms with Gasteiger partial charge in [0.2, 0.25) is 0 Å². The fourth-order valence-electron chi connectivity index (χ4n) is 2.04. The van der Waals surface area contributed by atoms with E-state index >= 15 is 0 Å². The van der Waals surface area contributed by atoms with E-state index in [0.29, 0.717) is 6.04 Å². The van der Waals surface area contributed by atoms with E-state index in [1.54, 1.807) is 0 Å². The average Bonchev–Trinajstić information content (AvgIpc) is 2.41. The van der Waals surface area contributed by atoms with E-state index in [9.17, 15) is 0 Å². The van der Waals surface area contributed by atoms with Crippen LogP contribution in [0.25, 0.3) is 0 Å². The zero-order valence-corrected chi connectivity index (χ0v) is 11.0. The molecule has 0 bridgehead atoms. The van der Waals surface area contributed by atoms with Crippen LogP contribution < -0.4 is 11.3 Å². The summed E-state index contributed by atoms with van der Waals surface area (Å²) < 4.78 is 1.93. The van der Waals surface area contributed by atoms with E-state index < -0.39 is 0 Å². The predicted molar refractivity (Wildman–Crippen MR) is 66.8 cm³/mol. The third-order valence-electron chi connectivity index (χ3n) is 2.65. The third kappa shape index (κ3) is 3.94. The molecule has 0 amide bonds. The van der Waals surface area contributed by atoms with Gasteiger partial charge in [-0.25, -0.2) is 0 Å². The molecule has 0 saturated heterocycles. The molecule has 0 aromatic carbocycles. The first-order valence-corrected chi connectivity index (χ1v) is 5.77. The van der Waals surface area contributed by atoms with Gasteiger partial charge in [-0.3, -0.25) is 16.0 Å². The Morgan fingerprint density at radius 2 is 2.12 bits per heavy atom. The molecule has 0 aliphatic carbocycles. The smallest absolute Gasteiger partial charge is 0.0596 e. The van der Waals surface area contributed by atoms with Gasteiger partial charge in [-0.05, 0) is 24.8 Å². The number of nitrogens with one attached hydrogen (secondary N) is 1. The maximum atomic E-state index is 5.61. The Labute approximate surface area is 98.2 Å². The highest BCUT2D eigenvalue weighted by atomic mass is 15.3. The Morgan fingerprint density at radius 3 is 2.50 bits per heavy atom. The van der Waals surface area contributed by atoms with E-state index in [2.05, 4.69) is 37.4 Å². The fraction of sp³-hybridized carbons (Fsp3) is 0.750.